The molecule has 0 saturated carbocycles. The van der Waals surface area contributed by atoms with Crippen molar-refractivity contribution in [2.45, 2.75) is 25.7 Å². The Bertz CT molecular complexity index is 818. The quantitative estimate of drug-likeness (QED) is 0.689. The Labute approximate surface area is 170 Å². The first kappa shape index (κ1) is 19.7. The zero-order valence-electron chi connectivity index (χ0n) is 16.6. The standard InChI is InChI=1S/C21H28N6O2/c28-21(17-2-1-6-22-13-17)27-20-11-18(25-14-26-20)16-3-7-23-19(10-16)24-12-15-4-8-29-9-5-15/h3,7,10-11,14-15,17,22H,1-2,4-6,8-9,12-13H2,(H,23,24)(H,25,26,27,28)/t17-/m1/s1. The molecule has 0 unspecified atom stereocenters. The second-order valence-electron chi connectivity index (χ2n) is 7.69. The lowest BCUT2D eigenvalue weighted by Crippen LogP contribution is -2.37. The molecule has 29 heavy (non-hydrogen) atoms. The highest BCUT2D eigenvalue weighted by molar-refractivity contribution is 5.92. The molecule has 0 spiro atoms. The van der Waals surface area contributed by atoms with Gasteiger partial charge in [-0.2, -0.15) is 0 Å². The average Bonchev–Trinajstić information content (AvgIpc) is 2.79. The Morgan fingerprint density at radius 2 is 2.03 bits per heavy atom. The molecule has 0 radical (unpaired) electrons. The molecule has 8 heteroatoms. The number of amides is 1. The molecule has 2 aromatic heterocycles. The number of anilines is 2. The van der Waals surface area contributed by atoms with Gasteiger partial charge in [-0.3, -0.25) is 4.79 Å². The fraction of sp³-hybridized carbons (Fsp3) is 0.524. The molecule has 8 nitrogen and oxygen atoms in total. The Hall–Kier alpha value is -2.58. The van der Waals surface area contributed by atoms with Crippen LogP contribution >= 0.6 is 0 Å². The minimum absolute atomic E-state index is 0.00963. The molecule has 0 bridgehead atoms. The lowest BCUT2D eigenvalue weighted by Gasteiger charge is -2.22. The van der Waals surface area contributed by atoms with Crippen molar-refractivity contribution >= 4 is 17.5 Å². The first-order valence-corrected chi connectivity index (χ1v) is 10.4. The molecule has 4 rings (SSSR count). The smallest absolute Gasteiger partial charge is 0.229 e. The number of nitrogens with zero attached hydrogens (tertiary/aromatic N) is 3. The van der Waals surface area contributed by atoms with Gasteiger partial charge in [0.2, 0.25) is 5.91 Å². The van der Waals surface area contributed by atoms with Crippen LogP contribution in [0.2, 0.25) is 0 Å². The Morgan fingerprint density at radius 3 is 2.86 bits per heavy atom. The van der Waals surface area contributed by atoms with Crippen LogP contribution < -0.4 is 16.0 Å². The van der Waals surface area contributed by atoms with E-state index in [-0.39, 0.29) is 11.8 Å². The van der Waals surface area contributed by atoms with Crippen LogP contribution in [0.15, 0.2) is 30.7 Å². The van der Waals surface area contributed by atoms with E-state index in [1.807, 2.05) is 18.2 Å². The number of ether oxygens (including phenoxy) is 1. The summed E-state index contributed by atoms with van der Waals surface area (Å²) in [5.41, 5.74) is 1.69. The van der Waals surface area contributed by atoms with E-state index in [0.717, 1.165) is 75.6 Å². The van der Waals surface area contributed by atoms with E-state index < -0.39 is 0 Å². The number of hydrogen-bond donors (Lipinski definition) is 3. The molecule has 0 aromatic carbocycles. The van der Waals surface area contributed by atoms with E-state index in [4.69, 9.17) is 4.74 Å². The van der Waals surface area contributed by atoms with Gasteiger partial charge in [0.25, 0.3) is 0 Å². The van der Waals surface area contributed by atoms with Crippen molar-refractivity contribution in [1.82, 2.24) is 20.3 Å². The Balaban J connectivity index is 1.40. The number of carbonyl (C=O) groups is 1. The number of piperidine rings is 1. The van der Waals surface area contributed by atoms with Crippen molar-refractivity contribution in [1.29, 1.82) is 0 Å². The summed E-state index contributed by atoms with van der Waals surface area (Å²) in [5, 5.41) is 9.63. The molecule has 1 amide bonds. The van der Waals surface area contributed by atoms with Gasteiger partial charge in [0.1, 0.15) is 18.0 Å². The van der Waals surface area contributed by atoms with Crippen molar-refractivity contribution in [3.05, 3.63) is 30.7 Å². The SMILES string of the molecule is O=C(Nc1cc(-c2ccnc(NCC3CCOCC3)c2)ncn1)[C@@H]1CCCNC1. The van der Waals surface area contributed by atoms with Crippen LogP contribution in [0.4, 0.5) is 11.6 Å². The van der Waals surface area contributed by atoms with Crippen molar-refractivity contribution in [2.24, 2.45) is 11.8 Å². The Morgan fingerprint density at radius 1 is 1.14 bits per heavy atom. The molecule has 3 N–H and O–H groups in total. The highest BCUT2D eigenvalue weighted by Gasteiger charge is 2.21. The van der Waals surface area contributed by atoms with Crippen molar-refractivity contribution < 1.29 is 9.53 Å². The lowest BCUT2D eigenvalue weighted by molar-refractivity contribution is -0.120. The number of nitrogens with one attached hydrogen (secondary N) is 3. The normalized spacial score (nSPS) is 20.2. The van der Waals surface area contributed by atoms with Crippen LogP contribution in [0.3, 0.4) is 0 Å². The van der Waals surface area contributed by atoms with E-state index in [0.29, 0.717) is 11.7 Å². The van der Waals surface area contributed by atoms with Crippen LogP contribution in [0, 0.1) is 11.8 Å². The van der Waals surface area contributed by atoms with E-state index in [1.165, 1.54) is 6.33 Å². The largest absolute Gasteiger partial charge is 0.381 e. The maximum absolute atomic E-state index is 12.5. The topological polar surface area (TPSA) is 101 Å². The zero-order valence-corrected chi connectivity index (χ0v) is 16.6. The average molecular weight is 396 g/mol. The molecule has 2 fully saturated rings. The summed E-state index contributed by atoms with van der Waals surface area (Å²) in [6, 6.07) is 5.71. The molecular formula is C21H28N6O2. The molecule has 2 aliphatic heterocycles. The second-order valence-corrected chi connectivity index (χ2v) is 7.69. The molecule has 154 valence electrons. The number of hydrogen-bond acceptors (Lipinski definition) is 7. The van der Waals surface area contributed by atoms with Gasteiger partial charge in [-0.25, -0.2) is 15.0 Å². The van der Waals surface area contributed by atoms with Crippen molar-refractivity contribution in [2.75, 3.05) is 43.5 Å². The lowest BCUT2D eigenvalue weighted by atomic mass is 9.99. The fourth-order valence-corrected chi connectivity index (χ4v) is 3.77. The number of pyridine rings is 1. The van der Waals surface area contributed by atoms with Crippen LogP contribution in [0.5, 0.6) is 0 Å². The van der Waals surface area contributed by atoms with Crippen LogP contribution in [0.1, 0.15) is 25.7 Å². The van der Waals surface area contributed by atoms with Crippen LogP contribution in [-0.4, -0.2) is 53.7 Å². The van der Waals surface area contributed by atoms with Gasteiger partial charge in [-0.05, 0) is 50.3 Å². The Kier molecular flexibility index (Phi) is 6.63. The highest BCUT2D eigenvalue weighted by Crippen LogP contribution is 2.22. The first-order valence-electron chi connectivity index (χ1n) is 10.4. The number of aromatic nitrogens is 3. The van der Waals surface area contributed by atoms with E-state index in [1.54, 1.807) is 6.20 Å². The van der Waals surface area contributed by atoms with Gasteiger partial charge >= 0.3 is 0 Å². The summed E-state index contributed by atoms with van der Waals surface area (Å²) in [6.45, 7) is 4.27. The van der Waals surface area contributed by atoms with Gasteiger partial charge < -0.3 is 20.7 Å². The monoisotopic (exact) mass is 396 g/mol. The maximum atomic E-state index is 12.5. The molecule has 4 heterocycles. The summed E-state index contributed by atoms with van der Waals surface area (Å²) < 4.78 is 5.41. The molecular weight excluding hydrogens is 368 g/mol. The third-order valence-corrected chi connectivity index (χ3v) is 5.55. The van der Waals surface area contributed by atoms with Crippen molar-refractivity contribution in [3.63, 3.8) is 0 Å². The number of carbonyl (C=O) groups excluding carboxylic acids is 1. The fourth-order valence-electron chi connectivity index (χ4n) is 3.77. The zero-order chi connectivity index (χ0) is 19.9. The van der Waals surface area contributed by atoms with Gasteiger partial charge in [-0.15, -0.1) is 0 Å². The molecule has 2 saturated heterocycles. The summed E-state index contributed by atoms with van der Waals surface area (Å²) in [6.07, 6.45) is 7.35. The summed E-state index contributed by atoms with van der Waals surface area (Å²) >= 11 is 0. The molecule has 2 aromatic rings. The van der Waals surface area contributed by atoms with Gasteiger partial charge in [0, 0.05) is 44.1 Å². The number of rotatable bonds is 6. The first-order chi connectivity index (χ1) is 14.3. The molecule has 0 aliphatic carbocycles. The minimum Gasteiger partial charge on any atom is -0.381 e. The predicted octanol–water partition coefficient (Wildman–Crippen LogP) is 2.32. The molecule has 2 aliphatic rings. The third kappa shape index (κ3) is 5.48. The summed E-state index contributed by atoms with van der Waals surface area (Å²) in [7, 11) is 0. The van der Waals surface area contributed by atoms with Gasteiger partial charge in [0.05, 0.1) is 11.6 Å². The van der Waals surface area contributed by atoms with E-state index in [2.05, 4.69) is 30.9 Å². The summed E-state index contributed by atoms with van der Waals surface area (Å²) in [5.74, 6) is 1.97. The van der Waals surface area contributed by atoms with E-state index in [9.17, 15) is 4.79 Å². The van der Waals surface area contributed by atoms with Gasteiger partial charge in [0.15, 0.2) is 0 Å². The molecule has 1 atom stereocenters. The second kappa shape index (κ2) is 9.76. The third-order valence-electron chi connectivity index (χ3n) is 5.55. The van der Waals surface area contributed by atoms with Gasteiger partial charge in [-0.1, -0.05) is 0 Å². The van der Waals surface area contributed by atoms with Crippen LogP contribution in [-0.2, 0) is 9.53 Å². The summed E-state index contributed by atoms with van der Waals surface area (Å²) in [4.78, 5) is 25.5. The maximum Gasteiger partial charge on any atom is 0.229 e. The van der Waals surface area contributed by atoms with E-state index >= 15 is 0 Å². The predicted molar refractivity (Wildman–Crippen MR) is 112 cm³/mol. The van der Waals surface area contributed by atoms with Crippen molar-refractivity contribution in [3.8, 4) is 11.3 Å². The highest BCUT2D eigenvalue weighted by atomic mass is 16.5. The van der Waals surface area contributed by atoms with Crippen LogP contribution in [0.25, 0.3) is 11.3 Å². The minimum atomic E-state index is -0.0101.